The molecule has 2 atom stereocenters. The second kappa shape index (κ2) is 7.03. The maximum atomic E-state index is 13.0. The van der Waals surface area contributed by atoms with E-state index in [2.05, 4.69) is 5.10 Å². The molecule has 1 aromatic heterocycles. The van der Waals surface area contributed by atoms with E-state index in [9.17, 15) is 9.59 Å². The van der Waals surface area contributed by atoms with Crippen LogP contribution in [0.4, 0.5) is 4.79 Å². The van der Waals surface area contributed by atoms with Gasteiger partial charge in [-0.2, -0.15) is 10.2 Å². The third-order valence-electron chi connectivity index (χ3n) is 5.00. The average Bonchev–Trinajstić information content (AvgIpc) is 3.22. The summed E-state index contributed by atoms with van der Waals surface area (Å²) < 4.78 is 6.77. The predicted molar refractivity (Wildman–Crippen MR) is 95.2 cm³/mol. The molecule has 8 heteroatoms. The van der Waals surface area contributed by atoms with Gasteiger partial charge in [-0.15, -0.1) is 0 Å². The summed E-state index contributed by atoms with van der Waals surface area (Å²) in [4.78, 5) is 32.8. The summed E-state index contributed by atoms with van der Waals surface area (Å²) in [6.45, 7) is 3.36. The number of nitrogens with zero attached hydrogens (tertiary/aromatic N) is 4. The molecule has 2 aromatic rings. The molecule has 8 nitrogen and oxygen atoms in total. The topological polar surface area (TPSA) is 76.9 Å². The minimum atomic E-state index is -0.798. The van der Waals surface area contributed by atoms with Crippen LogP contribution in [-0.2, 0) is 27.5 Å². The van der Waals surface area contributed by atoms with Crippen molar-refractivity contribution in [1.82, 2.24) is 19.7 Å². The van der Waals surface area contributed by atoms with Gasteiger partial charge in [-0.1, -0.05) is 37.3 Å². The molecule has 2 aliphatic rings. The first-order valence-electron chi connectivity index (χ1n) is 9.05. The first kappa shape index (κ1) is 17.5. The molecule has 0 spiro atoms. The molecular weight excluding hydrogens is 348 g/mol. The van der Waals surface area contributed by atoms with Crippen molar-refractivity contribution in [3.05, 3.63) is 53.3 Å². The Balaban J connectivity index is 1.67. The van der Waals surface area contributed by atoms with Crippen molar-refractivity contribution in [1.29, 1.82) is 0 Å². The van der Waals surface area contributed by atoms with Gasteiger partial charge in [0, 0.05) is 12.1 Å². The highest BCUT2D eigenvalue weighted by atomic mass is 16.7. The Morgan fingerprint density at radius 3 is 2.78 bits per heavy atom. The van der Waals surface area contributed by atoms with Crippen LogP contribution in [0.15, 0.2) is 36.5 Å². The summed E-state index contributed by atoms with van der Waals surface area (Å²) in [5.41, 5.74) is 2.53. The fraction of sp³-hybridized carbons (Fsp3) is 0.421. The Bertz CT molecular complexity index is 851. The van der Waals surface area contributed by atoms with E-state index in [1.165, 1.54) is 17.1 Å². The molecule has 2 amide bonds. The van der Waals surface area contributed by atoms with Crippen LogP contribution >= 0.6 is 0 Å². The van der Waals surface area contributed by atoms with Crippen molar-refractivity contribution in [2.45, 2.75) is 38.6 Å². The summed E-state index contributed by atoms with van der Waals surface area (Å²) in [7, 11) is 1.33. The van der Waals surface area contributed by atoms with Gasteiger partial charge in [0.25, 0.3) is 0 Å². The molecule has 0 radical (unpaired) electrons. The predicted octanol–water partition coefficient (Wildman–Crippen LogP) is 2.43. The lowest BCUT2D eigenvalue weighted by atomic mass is 9.98. The quantitative estimate of drug-likeness (QED) is 0.730. The lowest BCUT2D eigenvalue weighted by molar-refractivity contribution is -0.146. The van der Waals surface area contributed by atoms with Gasteiger partial charge in [0.15, 0.2) is 6.04 Å². The van der Waals surface area contributed by atoms with E-state index in [-0.39, 0.29) is 18.7 Å². The van der Waals surface area contributed by atoms with Gasteiger partial charge in [0.05, 0.1) is 25.5 Å². The zero-order valence-corrected chi connectivity index (χ0v) is 15.4. The maximum absolute atomic E-state index is 13.0. The molecule has 142 valence electrons. The fourth-order valence-electron chi connectivity index (χ4n) is 3.76. The molecule has 0 saturated carbocycles. The second-order valence-corrected chi connectivity index (χ2v) is 6.67. The number of hydroxylamine groups is 2. The van der Waals surface area contributed by atoms with Crippen LogP contribution in [-0.4, -0.2) is 45.4 Å². The number of hydrogen-bond donors (Lipinski definition) is 0. The number of fused-ring (bicyclic) bond motifs is 4. The molecule has 1 aromatic carbocycles. The standard InChI is InChI=1S/C19H22N4O4/c1-3-9-22-16-14(10-20-22)15-11-21(17(16)18(24)26-2)19(25)23(15)27-12-13-7-5-4-6-8-13/h4-8,10,15,17H,3,9,11-12H2,1-2H3/t15-,17-/m0/s1. The van der Waals surface area contributed by atoms with E-state index in [1.807, 2.05) is 37.3 Å². The molecular formula is C19H22N4O4. The lowest BCUT2D eigenvalue weighted by Crippen LogP contribution is -2.40. The van der Waals surface area contributed by atoms with E-state index in [1.54, 1.807) is 10.9 Å². The molecule has 0 unspecified atom stereocenters. The summed E-state index contributed by atoms with van der Waals surface area (Å²) in [5.74, 6) is -0.467. The van der Waals surface area contributed by atoms with Gasteiger partial charge >= 0.3 is 12.0 Å². The van der Waals surface area contributed by atoms with Crippen molar-refractivity contribution in [2.24, 2.45) is 0 Å². The largest absolute Gasteiger partial charge is 0.467 e. The first-order chi connectivity index (χ1) is 13.2. The van der Waals surface area contributed by atoms with Gasteiger partial charge in [-0.3, -0.25) is 9.52 Å². The minimum Gasteiger partial charge on any atom is -0.467 e. The molecule has 1 fully saturated rings. The Labute approximate surface area is 157 Å². The molecule has 2 aliphatic heterocycles. The number of carbonyl (C=O) groups excluding carboxylic acids is 2. The monoisotopic (exact) mass is 370 g/mol. The Morgan fingerprint density at radius 1 is 1.30 bits per heavy atom. The average molecular weight is 370 g/mol. The smallest absolute Gasteiger partial charge is 0.345 e. The van der Waals surface area contributed by atoms with Gasteiger partial charge in [0.1, 0.15) is 12.6 Å². The first-order valence-corrected chi connectivity index (χ1v) is 9.05. The number of methoxy groups -OCH3 is 1. The second-order valence-electron chi connectivity index (χ2n) is 6.67. The van der Waals surface area contributed by atoms with Gasteiger partial charge in [-0.25, -0.2) is 9.59 Å². The van der Waals surface area contributed by atoms with Crippen LogP contribution in [0.25, 0.3) is 0 Å². The molecule has 0 N–H and O–H groups in total. The van der Waals surface area contributed by atoms with E-state index in [4.69, 9.17) is 9.57 Å². The third-order valence-corrected chi connectivity index (χ3v) is 5.00. The highest BCUT2D eigenvalue weighted by Gasteiger charge is 2.53. The molecule has 27 heavy (non-hydrogen) atoms. The van der Waals surface area contributed by atoms with Crippen LogP contribution in [0.3, 0.4) is 0 Å². The van der Waals surface area contributed by atoms with Crippen LogP contribution < -0.4 is 0 Å². The van der Waals surface area contributed by atoms with E-state index >= 15 is 0 Å². The number of aryl methyl sites for hydroxylation is 1. The molecule has 0 aliphatic carbocycles. The number of rotatable bonds is 6. The number of aromatic nitrogens is 2. The van der Waals surface area contributed by atoms with Crippen LogP contribution in [0.5, 0.6) is 0 Å². The highest BCUT2D eigenvalue weighted by molar-refractivity contribution is 5.87. The number of carbonyl (C=O) groups is 2. The molecule has 4 rings (SSSR count). The van der Waals surface area contributed by atoms with E-state index in [0.717, 1.165) is 23.2 Å². The number of hydrogen-bond acceptors (Lipinski definition) is 5. The number of amides is 2. The van der Waals surface area contributed by atoms with Crippen LogP contribution in [0, 0.1) is 0 Å². The van der Waals surface area contributed by atoms with Gasteiger partial charge in [0.2, 0.25) is 0 Å². The van der Waals surface area contributed by atoms with Crippen molar-refractivity contribution >= 4 is 12.0 Å². The van der Waals surface area contributed by atoms with Crippen LogP contribution in [0.1, 0.15) is 42.2 Å². The maximum Gasteiger partial charge on any atom is 0.345 e. The number of benzene rings is 1. The van der Waals surface area contributed by atoms with Crippen molar-refractivity contribution in [2.75, 3.05) is 13.7 Å². The van der Waals surface area contributed by atoms with Crippen LogP contribution in [0.2, 0.25) is 0 Å². The van der Waals surface area contributed by atoms with Gasteiger partial charge in [-0.05, 0) is 12.0 Å². The van der Waals surface area contributed by atoms with E-state index < -0.39 is 12.0 Å². The van der Waals surface area contributed by atoms with E-state index in [0.29, 0.717) is 13.1 Å². The van der Waals surface area contributed by atoms with Crippen molar-refractivity contribution in [3.8, 4) is 0 Å². The zero-order chi connectivity index (χ0) is 19.0. The number of ether oxygens (including phenoxy) is 1. The minimum absolute atomic E-state index is 0.276. The zero-order valence-electron chi connectivity index (χ0n) is 15.4. The molecule has 2 bridgehead atoms. The summed E-state index contributed by atoms with van der Waals surface area (Å²) in [5, 5.41) is 5.81. The Morgan fingerprint density at radius 2 is 2.07 bits per heavy atom. The number of esters is 1. The Hall–Kier alpha value is -2.87. The van der Waals surface area contributed by atoms with Crippen molar-refractivity contribution < 1.29 is 19.2 Å². The van der Waals surface area contributed by atoms with Gasteiger partial charge < -0.3 is 9.64 Å². The number of urea groups is 1. The lowest BCUT2D eigenvalue weighted by Gasteiger charge is -2.29. The summed E-state index contributed by atoms with van der Waals surface area (Å²) in [6, 6.07) is 8.24. The Kier molecular flexibility index (Phi) is 4.57. The normalized spacial score (nSPS) is 20.7. The fourth-order valence-corrected chi connectivity index (χ4v) is 3.76. The van der Waals surface area contributed by atoms with Crippen molar-refractivity contribution in [3.63, 3.8) is 0 Å². The molecule has 3 heterocycles. The SMILES string of the molecule is CCCn1ncc2c1[C@@H](C(=O)OC)N1C[C@@H]2N(OCc2ccccc2)C1=O. The third kappa shape index (κ3) is 2.86. The highest BCUT2D eigenvalue weighted by Crippen LogP contribution is 2.44. The summed E-state index contributed by atoms with van der Waals surface area (Å²) >= 11 is 0. The molecule has 1 saturated heterocycles. The summed E-state index contributed by atoms with van der Waals surface area (Å²) in [6.07, 6.45) is 2.61.